The molecule has 1 amide bonds. The third-order valence-corrected chi connectivity index (χ3v) is 3.39. The number of nitrogens with zero attached hydrogens (tertiary/aromatic N) is 1. The van der Waals surface area contributed by atoms with E-state index >= 15 is 0 Å². The summed E-state index contributed by atoms with van der Waals surface area (Å²) in [6, 6.07) is 6.17. The Bertz CT molecular complexity index is 542. The molecule has 0 radical (unpaired) electrons. The van der Waals surface area contributed by atoms with E-state index < -0.39 is 17.7 Å². The summed E-state index contributed by atoms with van der Waals surface area (Å²) in [7, 11) is 0. The fourth-order valence-corrected chi connectivity index (χ4v) is 2.26. The topological polar surface area (TPSA) is 57.6 Å². The van der Waals surface area contributed by atoms with Crippen molar-refractivity contribution in [1.82, 2.24) is 4.90 Å². The van der Waals surface area contributed by atoms with Crippen LogP contribution < -0.4 is 0 Å². The number of aliphatic carboxylic acids is 1. The van der Waals surface area contributed by atoms with Crippen LogP contribution in [-0.4, -0.2) is 35.0 Å². The van der Waals surface area contributed by atoms with Gasteiger partial charge in [0, 0.05) is 24.7 Å². The van der Waals surface area contributed by atoms with Crippen molar-refractivity contribution in [3.05, 3.63) is 41.7 Å². The normalized spacial score (nSPS) is 19.2. The molecular weight excluding hydrogens is 261 g/mol. The van der Waals surface area contributed by atoms with Crippen molar-refractivity contribution in [3.63, 3.8) is 0 Å². The molecule has 1 aliphatic rings. The number of carboxylic acid groups (broad SMARTS) is 1. The number of carboxylic acids is 1. The zero-order valence-corrected chi connectivity index (χ0v) is 11.0. The van der Waals surface area contributed by atoms with Gasteiger partial charge in [-0.3, -0.25) is 9.59 Å². The van der Waals surface area contributed by atoms with Crippen LogP contribution in [0.3, 0.4) is 0 Å². The molecule has 1 atom stereocenters. The summed E-state index contributed by atoms with van der Waals surface area (Å²) in [5, 5.41) is 8.98. The smallest absolute Gasteiger partial charge is 0.308 e. The van der Waals surface area contributed by atoms with E-state index in [1.165, 1.54) is 23.1 Å². The van der Waals surface area contributed by atoms with Crippen molar-refractivity contribution in [2.45, 2.75) is 12.8 Å². The van der Waals surface area contributed by atoms with Gasteiger partial charge < -0.3 is 10.0 Å². The Morgan fingerprint density at radius 1 is 1.35 bits per heavy atom. The first-order valence-electron chi connectivity index (χ1n) is 6.52. The van der Waals surface area contributed by atoms with Crippen LogP contribution in [0.5, 0.6) is 0 Å². The van der Waals surface area contributed by atoms with Gasteiger partial charge in [0.1, 0.15) is 5.82 Å². The summed E-state index contributed by atoms with van der Waals surface area (Å²) in [6.07, 6.45) is 3.98. The molecule has 1 N–H and O–H groups in total. The molecule has 1 aliphatic heterocycles. The van der Waals surface area contributed by atoms with Crippen LogP contribution in [0, 0.1) is 11.7 Å². The molecule has 0 bridgehead atoms. The Kier molecular flexibility index (Phi) is 4.50. The number of benzene rings is 1. The first kappa shape index (κ1) is 14.2. The van der Waals surface area contributed by atoms with Crippen molar-refractivity contribution in [3.8, 4) is 0 Å². The number of amides is 1. The minimum atomic E-state index is -0.874. The highest BCUT2D eigenvalue weighted by Gasteiger charge is 2.27. The van der Waals surface area contributed by atoms with Gasteiger partial charge in [-0.2, -0.15) is 0 Å². The Morgan fingerprint density at radius 2 is 2.10 bits per heavy atom. The zero-order valence-electron chi connectivity index (χ0n) is 11.0. The van der Waals surface area contributed by atoms with E-state index in [-0.39, 0.29) is 12.5 Å². The molecule has 5 heteroatoms. The fraction of sp³-hybridized carbons (Fsp3) is 0.333. The molecule has 20 heavy (non-hydrogen) atoms. The number of halogens is 1. The van der Waals surface area contributed by atoms with Gasteiger partial charge in [0.05, 0.1) is 5.92 Å². The average Bonchev–Trinajstić information content (AvgIpc) is 2.46. The van der Waals surface area contributed by atoms with Crippen LogP contribution in [0.1, 0.15) is 18.4 Å². The molecule has 0 unspecified atom stereocenters. The molecule has 4 nitrogen and oxygen atoms in total. The van der Waals surface area contributed by atoms with Crippen molar-refractivity contribution in [2.75, 3.05) is 13.1 Å². The standard InChI is InChI=1S/C15H16FNO3/c16-13-6-2-1-4-11(13)7-8-14(18)17-9-3-5-12(10-17)15(19)20/h1-2,4,6-8,12H,3,5,9-10H2,(H,19,20)/b8-7-/t12-/m0/s1. The molecule has 1 aromatic carbocycles. The maximum atomic E-state index is 13.4. The Morgan fingerprint density at radius 3 is 2.80 bits per heavy atom. The van der Waals surface area contributed by atoms with Gasteiger partial charge in [-0.25, -0.2) is 4.39 Å². The van der Waals surface area contributed by atoms with E-state index in [0.717, 1.165) is 0 Å². The zero-order chi connectivity index (χ0) is 14.5. The molecule has 1 heterocycles. The maximum absolute atomic E-state index is 13.4. The van der Waals surface area contributed by atoms with Crippen LogP contribution in [-0.2, 0) is 9.59 Å². The van der Waals surface area contributed by atoms with Gasteiger partial charge in [0.25, 0.3) is 0 Å². The third kappa shape index (κ3) is 3.44. The molecule has 106 valence electrons. The van der Waals surface area contributed by atoms with E-state index in [0.29, 0.717) is 24.9 Å². The van der Waals surface area contributed by atoms with E-state index in [4.69, 9.17) is 5.11 Å². The SMILES string of the molecule is O=C(O)[C@H]1CCCN(C(=O)/C=C\c2ccccc2F)C1. The summed E-state index contributed by atoms with van der Waals surface area (Å²) < 4.78 is 13.4. The van der Waals surface area contributed by atoms with Gasteiger partial charge in [0.15, 0.2) is 0 Å². The van der Waals surface area contributed by atoms with Crippen molar-refractivity contribution < 1.29 is 19.1 Å². The van der Waals surface area contributed by atoms with Crippen LogP contribution in [0.15, 0.2) is 30.3 Å². The first-order chi connectivity index (χ1) is 9.58. The van der Waals surface area contributed by atoms with Crippen LogP contribution in [0.2, 0.25) is 0 Å². The van der Waals surface area contributed by atoms with Gasteiger partial charge in [-0.15, -0.1) is 0 Å². The molecule has 0 aliphatic carbocycles. The largest absolute Gasteiger partial charge is 0.481 e. The molecule has 1 saturated heterocycles. The molecule has 0 spiro atoms. The summed E-state index contributed by atoms with van der Waals surface area (Å²) in [5.74, 6) is -2.05. The number of carbonyl (C=O) groups is 2. The van der Waals surface area contributed by atoms with Crippen molar-refractivity contribution in [2.24, 2.45) is 5.92 Å². The Labute approximate surface area is 116 Å². The lowest BCUT2D eigenvalue weighted by molar-refractivity contribution is -0.144. The third-order valence-electron chi connectivity index (χ3n) is 3.39. The van der Waals surface area contributed by atoms with Crippen LogP contribution in [0.4, 0.5) is 4.39 Å². The molecule has 1 fully saturated rings. The molecule has 2 rings (SSSR count). The Hall–Kier alpha value is -2.17. The summed E-state index contributed by atoms with van der Waals surface area (Å²) in [5.41, 5.74) is 0.340. The van der Waals surface area contributed by atoms with Gasteiger partial charge >= 0.3 is 5.97 Å². The highest BCUT2D eigenvalue weighted by molar-refractivity contribution is 5.92. The predicted molar refractivity (Wildman–Crippen MR) is 72.4 cm³/mol. The average molecular weight is 277 g/mol. The Balaban J connectivity index is 2.01. The van der Waals surface area contributed by atoms with Crippen molar-refractivity contribution >= 4 is 18.0 Å². The van der Waals surface area contributed by atoms with Gasteiger partial charge in [-0.05, 0) is 25.0 Å². The fourth-order valence-electron chi connectivity index (χ4n) is 2.26. The second-order valence-corrected chi connectivity index (χ2v) is 4.82. The number of piperidine rings is 1. The summed E-state index contributed by atoms with van der Waals surface area (Å²) in [6.45, 7) is 0.764. The number of carbonyl (C=O) groups excluding carboxylic acids is 1. The minimum Gasteiger partial charge on any atom is -0.481 e. The number of likely N-dealkylation sites (tertiary alicyclic amines) is 1. The van der Waals surface area contributed by atoms with Crippen molar-refractivity contribution in [1.29, 1.82) is 0 Å². The highest BCUT2D eigenvalue weighted by atomic mass is 19.1. The minimum absolute atomic E-state index is 0.218. The van der Waals surface area contributed by atoms with E-state index in [1.54, 1.807) is 18.2 Å². The second-order valence-electron chi connectivity index (χ2n) is 4.82. The van der Waals surface area contributed by atoms with Gasteiger partial charge in [0.2, 0.25) is 5.91 Å². The summed E-state index contributed by atoms with van der Waals surface area (Å²) in [4.78, 5) is 24.4. The maximum Gasteiger partial charge on any atom is 0.308 e. The number of hydrogen-bond donors (Lipinski definition) is 1. The second kappa shape index (κ2) is 6.32. The van der Waals surface area contributed by atoms with Gasteiger partial charge in [-0.1, -0.05) is 18.2 Å². The van der Waals surface area contributed by atoms with E-state index in [9.17, 15) is 14.0 Å². The summed E-state index contributed by atoms with van der Waals surface area (Å²) >= 11 is 0. The molecule has 0 saturated carbocycles. The van der Waals surface area contributed by atoms with Crippen LogP contribution in [0.25, 0.3) is 6.08 Å². The molecule has 1 aromatic rings. The van der Waals surface area contributed by atoms with Crippen LogP contribution >= 0.6 is 0 Å². The predicted octanol–water partition coefficient (Wildman–Crippen LogP) is 2.16. The van der Waals surface area contributed by atoms with E-state index in [2.05, 4.69) is 0 Å². The quantitative estimate of drug-likeness (QED) is 0.861. The highest BCUT2D eigenvalue weighted by Crippen LogP contribution is 2.17. The lowest BCUT2D eigenvalue weighted by atomic mass is 9.98. The monoisotopic (exact) mass is 277 g/mol. The molecule has 0 aromatic heterocycles. The van der Waals surface area contributed by atoms with E-state index in [1.807, 2.05) is 0 Å². The number of hydrogen-bond acceptors (Lipinski definition) is 2. The number of rotatable bonds is 3. The lowest BCUT2D eigenvalue weighted by Crippen LogP contribution is -2.41. The lowest BCUT2D eigenvalue weighted by Gasteiger charge is -2.29. The first-order valence-corrected chi connectivity index (χ1v) is 6.52. The molecular formula is C15H16FNO3.